The van der Waals surface area contributed by atoms with Crippen LogP contribution in [0.2, 0.25) is 0 Å². The molecule has 2 N–H and O–H groups in total. The van der Waals surface area contributed by atoms with E-state index in [1.807, 2.05) is 24.3 Å². The van der Waals surface area contributed by atoms with Crippen LogP contribution >= 0.6 is 15.9 Å². The molecule has 0 radical (unpaired) electrons. The topological polar surface area (TPSA) is 67.4 Å². The Balaban J connectivity index is 1.87. The summed E-state index contributed by atoms with van der Waals surface area (Å²) in [4.78, 5) is 24.1. The molecular formula is C18H19BrN2O3. The van der Waals surface area contributed by atoms with Crippen molar-refractivity contribution in [1.82, 2.24) is 10.9 Å². The summed E-state index contributed by atoms with van der Waals surface area (Å²) in [6.07, 6.45) is 0.203. The molecule has 2 aromatic carbocycles. The van der Waals surface area contributed by atoms with Crippen molar-refractivity contribution in [2.75, 3.05) is 0 Å². The van der Waals surface area contributed by atoms with Gasteiger partial charge >= 0.3 is 0 Å². The predicted molar refractivity (Wildman–Crippen MR) is 95.7 cm³/mol. The van der Waals surface area contributed by atoms with Crippen molar-refractivity contribution in [3.63, 3.8) is 0 Å². The van der Waals surface area contributed by atoms with Crippen molar-refractivity contribution in [2.45, 2.75) is 26.4 Å². The Kier molecular flexibility index (Phi) is 6.37. The molecule has 1 atom stereocenters. The number of benzene rings is 2. The van der Waals surface area contributed by atoms with Gasteiger partial charge in [0.05, 0.1) is 5.56 Å². The van der Waals surface area contributed by atoms with E-state index in [1.165, 1.54) is 5.56 Å². The lowest BCUT2D eigenvalue weighted by Gasteiger charge is -2.15. The van der Waals surface area contributed by atoms with Crippen molar-refractivity contribution >= 4 is 27.7 Å². The van der Waals surface area contributed by atoms with Crippen LogP contribution in [0, 0.1) is 0 Å². The molecule has 0 aliphatic carbocycles. The molecule has 0 aliphatic rings. The minimum atomic E-state index is -0.739. The van der Waals surface area contributed by atoms with Crippen LogP contribution in [0.25, 0.3) is 0 Å². The van der Waals surface area contributed by atoms with E-state index in [4.69, 9.17) is 4.74 Å². The third-order valence-corrected chi connectivity index (χ3v) is 4.12. The number of nitrogens with one attached hydrogen (secondary N) is 2. The van der Waals surface area contributed by atoms with Crippen molar-refractivity contribution < 1.29 is 14.3 Å². The first-order valence-electron chi connectivity index (χ1n) is 7.61. The quantitative estimate of drug-likeness (QED) is 0.770. The van der Waals surface area contributed by atoms with Crippen LogP contribution in [-0.2, 0) is 11.2 Å². The van der Waals surface area contributed by atoms with Crippen LogP contribution in [0.1, 0.15) is 29.8 Å². The molecule has 0 bridgehead atoms. The van der Waals surface area contributed by atoms with Crippen LogP contribution in [-0.4, -0.2) is 17.9 Å². The standard InChI is InChI=1S/C18H19BrN2O3/c1-3-13-8-10-14(11-9-13)24-12(2)17(22)20-21-18(23)15-6-4-5-7-16(15)19/h4-12H,3H2,1-2H3,(H,20,22)(H,21,23)/t12-/m1/s1. The molecule has 2 aromatic rings. The zero-order valence-electron chi connectivity index (χ0n) is 13.5. The first-order chi connectivity index (χ1) is 11.5. The normalized spacial score (nSPS) is 11.5. The fraction of sp³-hybridized carbons (Fsp3) is 0.222. The Bertz CT molecular complexity index is 716. The lowest BCUT2D eigenvalue weighted by molar-refractivity contribution is -0.128. The predicted octanol–water partition coefficient (Wildman–Crippen LogP) is 3.24. The minimum Gasteiger partial charge on any atom is -0.481 e. The second-order valence-corrected chi connectivity index (χ2v) is 6.04. The van der Waals surface area contributed by atoms with Crippen LogP contribution < -0.4 is 15.6 Å². The smallest absolute Gasteiger partial charge is 0.279 e. The van der Waals surface area contributed by atoms with E-state index in [0.717, 1.165) is 6.42 Å². The molecule has 126 valence electrons. The zero-order chi connectivity index (χ0) is 17.5. The zero-order valence-corrected chi connectivity index (χ0v) is 15.1. The summed E-state index contributed by atoms with van der Waals surface area (Å²) in [5.41, 5.74) is 6.37. The van der Waals surface area contributed by atoms with Crippen LogP contribution in [0.3, 0.4) is 0 Å². The van der Waals surface area contributed by atoms with Crippen LogP contribution in [0.5, 0.6) is 5.75 Å². The Labute approximate surface area is 149 Å². The highest BCUT2D eigenvalue weighted by Crippen LogP contribution is 2.16. The lowest BCUT2D eigenvalue weighted by Crippen LogP contribution is -2.47. The highest BCUT2D eigenvalue weighted by Gasteiger charge is 2.16. The Hall–Kier alpha value is -2.34. The number of aryl methyl sites for hydroxylation is 1. The van der Waals surface area contributed by atoms with Crippen molar-refractivity contribution in [1.29, 1.82) is 0 Å². The highest BCUT2D eigenvalue weighted by atomic mass is 79.9. The number of hydrogen-bond acceptors (Lipinski definition) is 3. The third-order valence-electron chi connectivity index (χ3n) is 3.43. The molecule has 0 saturated heterocycles. The number of rotatable bonds is 5. The van der Waals surface area contributed by atoms with Crippen molar-refractivity contribution in [2.24, 2.45) is 0 Å². The van der Waals surface area contributed by atoms with Gasteiger partial charge in [-0.05, 0) is 59.1 Å². The first-order valence-corrected chi connectivity index (χ1v) is 8.41. The van der Waals surface area contributed by atoms with E-state index in [2.05, 4.69) is 33.7 Å². The van der Waals surface area contributed by atoms with Gasteiger partial charge in [-0.1, -0.05) is 31.2 Å². The monoisotopic (exact) mass is 390 g/mol. The highest BCUT2D eigenvalue weighted by molar-refractivity contribution is 9.10. The van der Waals surface area contributed by atoms with E-state index >= 15 is 0 Å². The summed E-state index contributed by atoms with van der Waals surface area (Å²) in [5, 5.41) is 0. The first kappa shape index (κ1) is 18.0. The Morgan fingerprint density at radius 3 is 2.38 bits per heavy atom. The van der Waals surface area contributed by atoms with Gasteiger partial charge in [-0.3, -0.25) is 20.4 Å². The fourth-order valence-corrected chi connectivity index (χ4v) is 2.46. The van der Waals surface area contributed by atoms with Crippen LogP contribution in [0.4, 0.5) is 0 Å². The summed E-state index contributed by atoms with van der Waals surface area (Å²) in [6, 6.07) is 14.5. The molecule has 6 heteroatoms. The molecule has 0 fully saturated rings. The maximum Gasteiger partial charge on any atom is 0.279 e. The number of amides is 2. The number of ether oxygens (including phenoxy) is 1. The number of carbonyl (C=O) groups is 2. The Morgan fingerprint density at radius 1 is 1.08 bits per heavy atom. The molecule has 2 rings (SSSR count). The molecule has 0 heterocycles. The third kappa shape index (κ3) is 4.83. The van der Waals surface area contributed by atoms with Gasteiger partial charge in [-0.15, -0.1) is 0 Å². The van der Waals surface area contributed by atoms with Crippen molar-refractivity contribution in [3.8, 4) is 5.75 Å². The number of hydrogen-bond donors (Lipinski definition) is 2. The molecule has 0 spiro atoms. The summed E-state index contributed by atoms with van der Waals surface area (Å²) in [7, 11) is 0. The van der Waals surface area contributed by atoms with E-state index in [1.54, 1.807) is 31.2 Å². The SMILES string of the molecule is CCc1ccc(O[C@H](C)C(=O)NNC(=O)c2ccccc2Br)cc1. The minimum absolute atomic E-state index is 0.407. The molecule has 0 saturated carbocycles. The summed E-state index contributed by atoms with van der Waals surface area (Å²) in [6.45, 7) is 3.69. The van der Waals surface area contributed by atoms with Gasteiger partial charge < -0.3 is 4.74 Å². The van der Waals surface area contributed by atoms with E-state index < -0.39 is 17.9 Å². The average Bonchev–Trinajstić information content (AvgIpc) is 2.60. The van der Waals surface area contributed by atoms with Gasteiger partial charge in [0.1, 0.15) is 5.75 Å². The van der Waals surface area contributed by atoms with Crippen molar-refractivity contribution in [3.05, 3.63) is 64.1 Å². The molecule has 24 heavy (non-hydrogen) atoms. The summed E-state index contributed by atoms with van der Waals surface area (Å²) in [5.74, 6) is -0.239. The number of hydrazine groups is 1. The number of carbonyl (C=O) groups excluding carboxylic acids is 2. The molecule has 5 nitrogen and oxygen atoms in total. The van der Waals surface area contributed by atoms with E-state index in [9.17, 15) is 9.59 Å². The lowest BCUT2D eigenvalue weighted by atomic mass is 10.2. The molecule has 2 amide bonds. The molecule has 0 aliphatic heterocycles. The summed E-state index contributed by atoms with van der Waals surface area (Å²) >= 11 is 3.29. The van der Waals surface area contributed by atoms with Gasteiger partial charge in [-0.25, -0.2) is 0 Å². The molecule has 0 aromatic heterocycles. The average molecular weight is 391 g/mol. The second-order valence-electron chi connectivity index (χ2n) is 5.18. The Morgan fingerprint density at radius 2 is 1.75 bits per heavy atom. The van der Waals surface area contributed by atoms with Gasteiger partial charge in [0.15, 0.2) is 6.10 Å². The van der Waals surface area contributed by atoms with Gasteiger partial charge in [0.2, 0.25) is 0 Å². The van der Waals surface area contributed by atoms with Gasteiger partial charge in [0.25, 0.3) is 11.8 Å². The molecular weight excluding hydrogens is 372 g/mol. The maximum absolute atomic E-state index is 12.0. The molecule has 0 unspecified atom stereocenters. The maximum atomic E-state index is 12.0. The van der Waals surface area contributed by atoms with E-state index in [0.29, 0.717) is 15.8 Å². The fourth-order valence-electron chi connectivity index (χ4n) is 1.99. The number of halogens is 1. The summed E-state index contributed by atoms with van der Waals surface area (Å²) < 4.78 is 6.21. The second kappa shape index (κ2) is 8.49. The van der Waals surface area contributed by atoms with E-state index in [-0.39, 0.29) is 0 Å². The van der Waals surface area contributed by atoms with Crippen LogP contribution in [0.15, 0.2) is 53.0 Å². The largest absolute Gasteiger partial charge is 0.481 e. The van der Waals surface area contributed by atoms with Gasteiger partial charge in [-0.2, -0.15) is 0 Å². The van der Waals surface area contributed by atoms with Gasteiger partial charge in [0, 0.05) is 4.47 Å².